The summed E-state index contributed by atoms with van der Waals surface area (Å²) in [4.78, 5) is 25.0. The molecule has 0 atom stereocenters. The van der Waals surface area contributed by atoms with Crippen LogP contribution >= 0.6 is 0 Å². The molecule has 1 heterocycles. The van der Waals surface area contributed by atoms with Crippen LogP contribution < -0.4 is 4.90 Å². The van der Waals surface area contributed by atoms with Crippen molar-refractivity contribution < 1.29 is 19.8 Å². The number of carbonyl (C=O) groups is 2. The molecule has 6 heteroatoms. The molecular weight excluding hydrogens is 356 g/mol. The van der Waals surface area contributed by atoms with E-state index in [4.69, 9.17) is 5.11 Å². The number of hydrogen-bond donors (Lipinski definition) is 2. The van der Waals surface area contributed by atoms with E-state index in [0.29, 0.717) is 12.2 Å². The van der Waals surface area contributed by atoms with Gasteiger partial charge in [0.1, 0.15) is 11.3 Å². The van der Waals surface area contributed by atoms with Gasteiger partial charge in [0.25, 0.3) is 0 Å². The van der Waals surface area contributed by atoms with Crippen molar-refractivity contribution in [2.24, 2.45) is 0 Å². The fourth-order valence-corrected chi connectivity index (χ4v) is 3.39. The normalized spacial score (nSPS) is 10.7. The van der Waals surface area contributed by atoms with Crippen LogP contribution in [0.4, 0.5) is 5.69 Å². The van der Waals surface area contributed by atoms with Crippen LogP contribution in [0.5, 0.6) is 5.75 Å². The van der Waals surface area contributed by atoms with Crippen molar-refractivity contribution >= 4 is 17.6 Å². The number of carboxylic acids is 1. The number of aryl methyl sites for hydroxylation is 1. The van der Waals surface area contributed by atoms with Gasteiger partial charge >= 0.3 is 5.97 Å². The SMILES string of the molecule is CC(=O)N(Cc1cc(C)n(-c2ccc(C(=O)O)c(O)c2)c1C)c1ccccc1. The molecule has 2 N–H and O–H groups in total. The standard InChI is InChI=1S/C22H22N2O4/c1-14-11-17(13-23(16(3)25)18-7-5-4-6-8-18)15(2)24(14)19-9-10-20(22(27)28)21(26)12-19/h4-12,26H,13H2,1-3H3,(H,27,28). The number of anilines is 1. The number of rotatable bonds is 5. The Bertz CT molecular complexity index is 1040. The number of amides is 1. The molecule has 3 rings (SSSR count). The zero-order valence-corrected chi connectivity index (χ0v) is 16.0. The average molecular weight is 378 g/mol. The molecule has 0 saturated heterocycles. The highest BCUT2D eigenvalue weighted by Gasteiger charge is 2.18. The summed E-state index contributed by atoms with van der Waals surface area (Å²) in [5.41, 5.74) is 4.16. The zero-order valence-electron chi connectivity index (χ0n) is 16.0. The molecule has 1 amide bonds. The molecule has 0 spiro atoms. The first-order valence-corrected chi connectivity index (χ1v) is 8.87. The van der Waals surface area contributed by atoms with Gasteiger partial charge in [0.15, 0.2) is 0 Å². The first-order chi connectivity index (χ1) is 13.3. The second-order valence-corrected chi connectivity index (χ2v) is 6.68. The Kier molecular flexibility index (Phi) is 5.22. The van der Waals surface area contributed by atoms with E-state index in [2.05, 4.69) is 0 Å². The topological polar surface area (TPSA) is 82.8 Å². The highest BCUT2D eigenvalue weighted by atomic mass is 16.4. The van der Waals surface area contributed by atoms with Crippen molar-refractivity contribution in [2.45, 2.75) is 27.3 Å². The lowest BCUT2D eigenvalue weighted by Gasteiger charge is -2.21. The summed E-state index contributed by atoms with van der Waals surface area (Å²) in [6.07, 6.45) is 0. The molecule has 0 aliphatic heterocycles. The summed E-state index contributed by atoms with van der Waals surface area (Å²) in [6, 6.07) is 15.9. The lowest BCUT2D eigenvalue weighted by molar-refractivity contribution is -0.116. The number of aromatic carboxylic acids is 1. The van der Waals surface area contributed by atoms with Gasteiger partial charge in [-0.2, -0.15) is 0 Å². The van der Waals surface area contributed by atoms with Gasteiger partial charge in [0, 0.05) is 35.8 Å². The molecule has 6 nitrogen and oxygen atoms in total. The molecule has 0 bridgehead atoms. The van der Waals surface area contributed by atoms with E-state index in [0.717, 1.165) is 22.6 Å². The highest BCUT2D eigenvalue weighted by molar-refractivity contribution is 5.92. The van der Waals surface area contributed by atoms with Gasteiger partial charge in [-0.3, -0.25) is 4.79 Å². The van der Waals surface area contributed by atoms with Gasteiger partial charge in [-0.1, -0.05) is 18.2 Å². The van der Waals surface area contributed by atoms with Crippen molar-refractivity contribution in [1.82, 2.24) is 4.57 Å². The third-order valence-corrected chi connectivity index (χ3v) is 4.78. The van der Waals surface area contributed by atoms with E-state index in [9.17, 15) is 14.7 Å². The fraction of sp³-hybridized carbons (Fsp3) is 0.182. The molecule has 2 aromatic carbocycles. The van der Waals surface area contributed by atoms with E-state index in [1.54, 1.807) is 11.0 Å². The van der Waals surface area contributed by atoms with Crippen molar-refractivity contribution in [3.05, 3.63) is 77.1 Å². The van der Waals surface area contributed by atoms with E-state index >= 15 is 0 Å². The quantitative estimate of drug-likeness (QED) is 0.702. The predicted molar refractivity (Wildman–Crippen MR) is 107 cm³/mol. The number of aromatic hydroxyl groups is 1. The highest BCUT2D eigenvalue weighted by Crippen LogP contribution is 2.27. The lowest BCUT2D eigenvalue weighted by Crippen LogP contribution is -2.27. The molecule has 0 fully saturated rings. The molecule has 0 aliphatic rings. The summed E-state index contributed by atoms with van der Waals surface area (Å²) < 4.78 is 1.93. The minimum atomic E-state index is -1.18. The third-order valence-electron chi connectivity index (χ3n) is 4.78. The summed E-state index contributed by atoms with van der Waals surface area (Å²) in [6.45, 7) is 5.82. The van der Waals surface area contributed by atoms with Crippen LogP contribution in [-0.4, -0.2) is 26.7 Å². The van der Waals surface area contributed by atoms with E-state index in [1.165, 1.54) is 19.1 Å². The molecule has 3 aromatic rings. The molecule has 0 aliphatic carbocycles. The number of hydrogen-bond acceptors (Lipinski definition) is 3. The zero-order chi connectivity index (χ0) is 20.4. The van der Waals surface area contributed by atoms with Crippen molar-refractivity contribution in [1.29, 1.82) is 0 Å². The number of phenols is 1. The molecule has 0 unspecified atom stereocenters. The Morgan fingerprint density at radius 2 is 1.71 bits per heavy atom. The number of carbonyl (C=O) groups excluding carboxylic acids is 1. The number of carboxylic acid groups (broad SMARTS) is 1. The Hall–Kier alpha value is -3.54. The fourth-order valence-electron chi connectivity index (χ4n) is 3.39. The second-order valence-electron chi connectivity index (χ2n) is 6.68. The van der Waals surface area contributed by atoms with Crippen LogP contribution in [0.15, 0.2) is 54.6 Å². The number of nitrogens with zero attached hydrogens (tertiary/aromatic N) is 2. The van der Waals surface area contributed by atoms with Crippen LogP contribution in [0.2, 0.25) is 0 Å². The van der Waals surface area contributed by atoms with E-state index in [-0.39, 0.29) is 17.2 Å². The summed E-state index contributed by atoms with van der Waals surface area (Å²) >= 11 is 0. The maximum absolute atomic E-state index is 12.2. The van der Waals surface area contributed by atoms with Crippen LogP contribution in [0, 0.1) is 13.8 Å². The number of benzene rings is 2. The Balaban J connectivity index is 1.99. The third kappa shape index (κ3) is 3.62. The van der Waals surface area contributed by atoms with Gasteiger partial charge in [-0.15, -0.1) is 0 Å². The summed E-state index contributed by atoms with van der Waals surface area (Å²) in [7, 11) is 0. The molecular formula is C22H22N2O4. The van der Waals surface area contributed by atoms with Crippen LogP contribution in [-0.2, 0) is 11.3 Å². The average Bonchev–Trinajstić information content (AvgIpc) is 2.93. The van der Waals surface area contributed by atoms with Crippen LogP contribution in [0.1, 0.15) is 34.2 Å². The minimum Gasteiger partial charge on any atom is -0.507 e. The smallest absolute Gasteiger partial charge is 0.339 e. The van der Waals surface area contributed by atoms with Gasteiger partial charge in [-0.05, 0) is 49.7 Å². The van der Waals surface area contributed by atoms with Gasteiger partial charge in [0.05, 0.1) is 6.54 Å². The first-order valence-electron chi connectivity index (χ1n) is 8.87. The van der Waals surface area contributed by atoms with Crippen molar-refractivity contribution in [2.75, 3.05) is 4.90 Å². The Morgan fingerprint density at radius 1 is 1.04 bits per heavy atom. The molecule has 0 saturated carbocycles. The van der Waals surface area contributed by atoms with E-state index < -0.39 is 5.97 Å². The Morgan fingerprint density at radius 3 is 2.29 bits per heavy atom. The second kappa shape index (κ2) is 7.60. The van der Waals surface area contributed by atoms with Crippen molar-refractivity contribution in [3.8, 4) is 11.4 Å². The van der Waals surface area contributed by atoms with Gasteiger partial charge < -0.3 is 19.7 Å². The summed E-state index contributed by atoms with van der Waals surface area (Å²) in [5.74, 6) is -1.51. The lowest BCUT2D eigenvalue weighted by atomic mass is 10.1. The largest absolute Gasteiger partial charge is 0.507 e. The van der Waals surface area contributed by atoms with Crippen molar-refractivity contribution in [3.63, 3.8) is 0 Å². The first kappa shape index (κ1) is 19.2. The number of para-hydroxylation sites is 1. The molecule has 1 aromatic heterocycles. The van der Waals surface area contributed by atoms with Gasteiger partial charge in [-0.25, -0.2) is 4.79 Å². The Labute approximate surface area is 163 Å². The predicted octanol–water partition coefficient (Wildman–Crippen LogP) is 4.05. The van der Waals surface area contributed by atoms with Crippen LogP contribution in [0.25, 0.3) is 5.69 Å². The maximum Gasteiger partial charge on any atom is 0.339 e. The summed E-state index contributed by atoms with van der Waals surface area (Å²) in [5, 5.41) is 19.1. The number of aromatic nitrogens is 1. The van der Waals surface area contributed by atoms with E-state index in [1.807, 2.05) is 54.8 Å². The molecule has 0 radical (unpaired) electrons. The van der Waals surface area contributed by atoms with Crippen LogP contribution in [0.3, 0.4) is 0 Å². The molecule has 144 valence electrons. The minimum absolute atomic E-state index is 0.0561. The molecule has 28 heavy (non-hydrogen) atoms. The van der Waals surface area contributed by atoms with Gasteiger partial charge in [0.2, 0.25) is 5.91 Å². The monoisotopic (exact) mass is 378 g/mol. The maximum atomic E-state index is 12.2.